The van der Waals surface area contributed by atoms with Gasteiger partial charge in [0.1, 0.15) is 5.82 Å². The van der Waals surface area contributed by atoms with Gasteiger partial charge in [-0.15, -0.1) is 0 Å². The second kappa shape index (κ2) is 6.10. The Bertz CT molecular complexity index is 618. The minimum atomic E-state index is 0.556. The lowest BCUT2D eigenvalue weighted by Crippen LogP contribution is -2.30. The van der Waals surface area contributed by atoms with E-state index in [4.69, 9.17) is 12.2 Å². The van der Waals surface area contributed by atoms with Crippen LogP contribution >= 0.6 is 12.2 Å². The number of nitrogens with zero attached hydrogens (tertiary/aromatic N) is 1. The maximum Gasteiger partial charge on any atom is 0.171 e. The van der Waals surface area contributed by atoms with Gasteiger partial charge >= 0.3 is 0 Å². The van der Waals surface area contributed by atoms with Crippen LogP contribution in [0.25, 0.3) is 0 Å². The van der Waals surface area contributed by atoms with E-state index in [1.165, 1.54) is 18.4 Å². The van der Waals surface area contributed by atoms with E-state index in [2.05, 4.69) is 40.0 Å². The molecular formula is C16H18N4S. The van der Waals surface area contributed by atoms with Crippen molar-refractivity contribution in [2.24, 2.45) is 0 Å². The summed E-state index contributed by atoms with van der Waals surface area (Å²) in [6.45, 7) is 2.07. The molecule has 4 nitrogen and oxygen atoms in total. The van der Waals surface area contributed by atoms with Gasteiger partial charge in [0.25, 0.3) is 0 Å². The molecule has 1 heterocycles. The molecular weight excluding hydrogens is 280 g/mol. The van der Waals surface area contributed by atoms with Gasteiger partial charge in [-0.1, -0.05) is 17.7 Å². The van der Waals surface area contributed by atoms with E-state index in [1.54, 1.807) is 6.20 Å². The zero-order chi connectivity index (χ0) is 14.7. The lowest BCUT2D eigenvalue weighted by molar-refractivity contribution is 0.919. The zero-order valence-corrected chi connectivity index (χ0v) is 12.7. The van der Waals surface area contributed by atoms with E-state index >= 15 is 0 Å². The molecule has 2 aromatic rings. The van der Waals surface area contributed by atoms with Crippen molar-refractivity contribution >= 4 is 34.5 Å². The molecule has 1 aliphatic rings. The molecule has 0 bridgehead atoms. The average molecular weight is 298 g/mol. The first-order valence-corrected chi connectivity index (χ1v) is 7.47. The minimum absolute atomic E-state index is 0.556. The molecule has 5 heteroatoms. The van der Waals surface area contributed by atoms with Gasteiger partial charge in [-0.25, -0.2) is 4.98 Å². The average Bonchev–Trinajstić information content (AvgIpc) is 3.27. The summed E-state index contributed by atoms with van der Waals surface area (Å²) in [7, 11) is 0. The van der Waals surface area contributed by atoms with Crippen LogP contribution in [0, 0.1) is 6.92 Å². The number of aromatic nitrogens is 1. The fourth-order valence-corrected chi connectivity index (χ4v) is 2.19. The number of hydrogen-bond donors (Lipinski definition) is 3. The van der Waals surface area contributed by atoms with E-state index in [1.807, 2.05) is 24.3 Å². The number of rotatable bonds is 4. The highest BCUT2D eigenvalue weighted by Gasteiger charge is 2.21. The number of nitrogens with one attached hydrogen (secondary N) is 3. The maximum atomic E-state index is 5.24. The second-order valence-electron chi connectivity index (χ2n) is 5.30. The fourth-order valence-electron chi connectivity index (χ4n) is 1.91. The van der Waals surface area contributed by atoms with Crippen molar-refractivity contribution in [2.75, 3.05) is 10.6 Å². The molecule has 1 aromatic carbocycles. The van der Waals surface area contributed by atoms with Gasteiger partial charge in [-0.05, 0) is 56.2 Å². The van der Waals surface area contributed by atoms with Crippen LogP contribution in [-0.2, 0) is 0 Å². The molecule has 0 atom stereocenters. The molecule has 0 unspecified atom stereocenters. The van der Waals surface area contributed by atoms with Crippen LogP contribution in [0.3, 0.4) is 0 Å². The molecule has 3 rings (SSSR count). The van der Waals surface area contributed by atoms with E-state index in [0.717, 1.165) is 17.2 Å². The van der Waals surface area contributed by atoms with Crippen LogP contribution in [0.15, 0.2) is 42.6 Å². The lowest BCUT2D eigenvalue weighted by atomic mass is 10.2. The SMILES string of the molecule is Cc1ccc(Nc2ccc(NC(=S)NC3CC3)cn2)cc1. The molecule has 0 amide bonds. The molecule has 3 N–H and O–H groups in total. The molecule has 1 aromatic heterocycles. The molecule has 1 aliphatic carbocycles. The van der Waals surface area contributed by atoms with E-state index in [9.17, 15) is 0 Å². The number of anilines is 3. The van der Waals surface area contributed by atoms with Gasteiger partial charge in [-0.3, -0.25) is 0 Å². The smallest absolute Gasteiger partial charge is 0.171 e. The van der Waals surface area contributed by atoms with E-state index in [0.29, 0.717) is 11.2 Å². The summed E-state index contributed by atoms with van der Waals surface area (Å²) in [6, 6.07) is 12.7. The third-order valence-electron chi connectivity index (χ3n) is 3.26. The Balaban J connectivity index is 1.58. The first-order valence-electron chi connectivity index (χ1n) is 7.06. The van der Waals surface area contributed by atoms with Crippen LogP contribution in [0.5, 0.6) is 0 Å². The lowest BCUT2D eigenvalue weighted by Gasteiger charge is -2.10. The Morgan fingerprint density at radius 2 is 1.81 bits per heavy atom. The molecule has 21 heavy (non-hydrogen) atoms. The highest BCUT2D eigenvalue weighted by atomic mass is 32.1. The second-order valence-corrected chi connectivity index (χ2v) is 5.70. The van der Waals surface area contributed by atoms with Crippen molar-refractivity contribution in [2.45, 2.75) is 25.8 Å². The number of aryl methyl sites for hydroxylation is 1. The molecule has 0 spiro atoms. The Morgan fingerprint density at radius 1 is 1.10 bits per heavy atom. The summed E-state index contributed by atoms with van der Waals surface area (Å²) in [6.07, 6.45) is 4.19. The van der Waals surface area contributed by atoms with Gasteiger partial charge in [0.05, 0.1) is 11.9 Å². The first kappa shape index (κ1) is 13.8. The summed E-state index contributed by atoms with van der Waals surface area (Å²) in [5.74, 6) is 0.811. The normalized spacial score (nSPS) is 13.6. The largest absolute Gasteiger partial charge is 0.360 e. The predicted molar refractivity (Wildman–Crippen MR) is 91.1 cm³/mol. The summed E-state index contributed by atoms with van der Waals surface area (Å²) in [5, 5.41) is 10.3. The van der Waals surface area contributed by atoms with Crippen LogP contribution in [-0.4, -0.2) is 16.1 Å². The maximum absolute atomic E-state index is 5.24. The van der Waals surface area contributed by atoms with Crippen molar-refractivity contribution in [1.29, 1.82) is 0 Å². The molecule has 0 radical (unpaired) electrons. The van der Waals surface area contributed by atoms with Crippen LogP contribution in [0.1, 0.15) is 18.4 Å². The number of benzene rings is 1. The van der Waals surface area contributed by atoms with Crippen molar-refractivity contribution < 1.29 is 0 Å². The summed E-state index contributed by atoms with van der Waals surface area (Å²) in [4.78, 5) is 4.38. The molecule has 1 saturated carbocycles. The van der Waals surface area contributed by atoms with Gasteiger partial charge < -0.3 is 16.0 Å². The number of thiocarbonyl (C=S) groups is 1. The monoisotopic (exact) mass is 298 g/mol. The summed E-state index contributed by atoms with van der Waals surface area (Å²) < 4.78 is 0. The minimum Gasteiger partial charge on any atom is -0.360 e. The van der Waals surface area contributed by atoms with Crippen molar-refractivity contribution in [1.82, 2.24) is 10.3 Å². The van der Waals surface area contributed by atoms with Crippen LogP contribution < -0.4 is 16.0 Å². The number of hydrogen-bond acceptors (Lipinski definition) is 3. The Labute approximate surface area is 130 Å². The predicted octanol–water partition coefficient (Wildman–Crippen LogP) is 3.58. The third-order valence-corrected chi connectivity index (χ3v) is 3.48. The topological polar surface area (TPSA) is 49.0 Å². The third kappa shape index (κ3) is 4.16. The zero-order valence-electron chi connectivity index (χ0n) is 11.9. The van der Waals surface area contributed by atoms with E-state index < -0.39 is 0 Å². The molecule has 0 aliphatic heterocycles. The van der Waals surface area contributed by atoms with Gasteiger partial charge in [0.2, 0.25) is 0 Å². The standard InChI is InChI=1S/C16H18N4S/c1-11-2-4-12(5-3-11)18-15-9-8-14(10-17-15)20-16(21)19-13-6-7-13/h2-5,8-10,13H,6-7H2,1H3,(H,17,18)(H2,19,20,21). The van der Waals surface area contributed by atoms with Crippen molar-refractivity contribution in [3.8, 4) is 0 Å². The Kier molecular flexibility index (Phi) is 4.01. The van der Waals surface area contributed by atoms with Gasteiger partial charge in [-0.2, -0.15) is 0 Å². The first-order chi connectivity index (χ1) is 10.2. The highest BCUT2D eigenvalue weighted by molar-refractivity contribution is 7.80. The fraction of sp³-hybridized carbons (Fsp3) is 0.250. The Morgan fingerprint density at radius 3 is 2.43 bits per heavy atom. The molecule has 108 valence electrons. The van der Waals surface area contributed by atoms with Crippen LogP contribution in [0.4, 0.5) is 17.2 Å². The van der Waals surface area contributed by atoms with Crippen LogP contribution in [0.2, 0.25) is 0 Å². The number of pyridine rings is 1. The highest BCUT2D eigenvalue weighted by Crippen LogP contribution is 2.19. The van der Waals surface area contributed by atoms with E-state index in [-0.39, 0.29) is 0 Å². The van der Waals surface area contributed by atoms with Crippen molar-refractivity contribution in [3.05, 3.63) is 48.2 Å². The van der Waals surface area contributed by atoms with Crippen molar-refractivity contribution in [3.63, 3.8) is 0 Å². The van der Waals surface area contributed by atoms with Gasteiger partial charge in [0.15, 0.2) is 5.11 Å². The Hall–Kier alpha value is -2.14. The molecule has 0 saturated heterocycles. The molecule has 1 fully saturated rings. The summed E-state index contributed by atoms with van der Waals surface area (Å²) >= 11 is 5.24. The summed E-state index contributed by atoms with van der Waals surface area (Å²) in [5.41, 5.74) is 3.16. The van der Waals surface area contributed by atoms with Gasteiger partial charge in [0, 0.05) is 11.7 Å². The quantitative estimate of drug-likeness (QED) is 0.753.